The van der Waals surface area contributed by atoms with Crippen LogP contribution in [0.2, 0.25) is 5.02 Å². The van der Waals surface area contributed by atoms with E-state index in [4.69, 9.17) is 23.8 Å². The highest BCUT2D eigenvalue weighted by atomic mass is 35.5. The average Bonchev–Trinajstić information content (AvgIpc) is 2.90. The second-order valence-electron chi connectivity index (χ2n) is 6.06. The Morgan fingerprint density at radius 3 is 2.92 bits per heavy atom. The first kappa shape index (κ1) is 17.9. The number of carbonyl (C=O) groups is 1. The van der Waals surface area contributed by atoms with Gasteiger partial charge in [0.25, 0.3) is 5.91 Å². The smallest absolute Gasteiger partial charge is 0.258 e. The van der Waals surface area contributed by atoms with Gasteiger partial charge in [-0.05, 0) is 55.1 Å². The van der Waals surface area contributed by atoms with Crippen LogP contribution in [0.5, 0.6) is 0 Å². The quantitative estimate of drug-likeness (QED) is 0.741. The molecule has 1 heterocycles. The van der Waals surface area contributed by atoms with E-state index in [2.05, 4.69) is 23.6 Å². The van der Waals surface area contributed by atoms with E-state index in [1.165, 1.54) is 4.88 Å². The van der Waals surface area contributed by atoms with Gasteiger partial charge in [-0.2, -0.15) is 5.26 Å². The molecule has 3 rings (SSSR count). The van der Waals surface area contributed by atoms with Gasteiger partial charge >= 0.3 is 0 Å². The number of thiocarbonyl (C=S) groups is 1. The third-order valence-electron chi connectivity index (χ3n) is 4.20. The molecule has 0 spiro atoms. The number of hydrogen-bond donors (Lipinski definition) is 2. The van der Waals surface area contributed by atoms with Crippen LogP contribution in [0.4, 0.5) is 5.00 Å². The number of rotatable bonds is 2. The molecule has 7 heteroatoms. The number of nitriles is 1. The van der Waals surface area contributed by atoms with Gasteiger partial charge in [-0.15, -0.1) is 11.3 Å². The van der Waals surface area contributed by atoms with Gasteiger partial charge in [-0.3, -0.25) is 10.1 Å². The summed E-state index contributed by atoms with van der Waals surface area (Å²) in [6.07, 6.45) is 2.98. The summed E-state index contributed by atoms with van der Waals surface area (Å²) in [5.74, 6) is 0.244. The average molecular weight is 390 g/mol. The molecule has 1 atom stereocenters. The first-order chi connectivity index (χ1) is 12.0. The standard InChI is InChI=1S/C18H16ClN3OS2/c1-10-6-7-11-13(9-20)17(25-15(11)8-10)22-18(24)21-16(23)12-4-2-3-5-14(12)19/h2-5,10H,6-8H2,1H3,(H2,21,22,23,24)/t10-/m1/s1. The predicted molar refractivity (Wildman–Crippen MR) is 105 cm³/mol. The van der Waals surface area contributed by atoms with E-state index in [1.807, 2.05) is 0 Å². The van der Waals surface area contributed by atoms with E-state index in [1.54, 1.807) is 35.6 Å². The number of carbonyl (C=O) groups excluding carboxylic acids is 1. The van der Waals surface area contributed by atoms with Crippen molar-refractivity contribution in [2.75, 3.05) is 5.32 Å². The molecule has 1 aromatic carbocycles. The lowest BCUT2D eigenvalue weighted by Crippen LogP contribution is -2.34. The maximum absolute atomic E-state index is 12.3. The summed E-state index contributed by atoms with van der Waals surface area (Å²) in [6, 6.07) is 9.04. The zero-order valence-corrected chi connectivity index (χ0v) is 15.9. The Balaban J connectivity index is 1.75. The van der Waals surface area contributed by atoms with E-state index in [0.717, 1.165) is 24.8 Å². The molecule has 1 aromatic heterocycles. The van der Waals surface area contributed by atoms with E-state index < -0.39 is 0 Å². The van der Waals surface area contributed by atoms with Crippen LogP contribution in [0.25, 0.3) is 0 Å². The van der Waals surface area contributed by atoms with Crippen molar-refractivity contribution in [2.45, 2.75) is 26.2 Å². The van der Waals surface area contributed by atoms with Crippen LogP contribution >= 0.6 is 35.2 Å². The fourth-order valence-corrected chi connectivity index (χ4v) is 4.75. The number of amides is 1. The highest BCUT2D eigenvalue weighted by molar-refractivity contribution is 7.80. The molecule has 2 aromatic rings. The Bertz CT molecular complexity index is 885. The summed E-state index contributed by atoms with van der Waals surface area (Å²) in [6.45, 7) is 2.22. The number of anilines is 1. The van der Waals surface area contributed by atoms with Crippen LogP contribution in [-0.4, -0.2) is 11.0 Å². The van der Waals surface area contributed by atoms with Gasteiger partial charge in [0.2, 0.25) is 0 Å². The van der Waals surface area contributed by atoms with Gasteiger partial charge in [0.05, 0.1) is 16.1 Å². The molecule has 0 fully saturated rings. The lowest BCUT2D eigenvalue weighted by atomic mass is 9.89. The lowest BCUT2D eigenvalue weighted by molar-refractivity contribution is 0.0978. The number of nitrogens with zero attached hydrogens (tertiary/aromatic N) is 1. The van der Waals surface area contributed by atoms with Crippen molar-refractivity contribution in [3.63, 3.8) is 0 Å². The molecule has 1 aliphatic carbocycles. The minimum atomic E-state index is -0.378. The highest BCUT2D eigenvalue weighted by Gasteiger charge is 2.24. The monoisotopic (exact) mass is 389 g/mol. The van der Waals surface area contributed by atoms with Gasteiger partial charge in [0.1, 0.15) is 11.1 Å². The first-order valence-corrected chi connectivity index (χ1v) is 9.51. The Hall–Kier alpha value is -1.94. The lowest BCUT2D eigenvalue weighted by Gasteiger charge is -2.17. The fraction of sp³-hybridized carbons (Fsp3) is 0.278. The maximum Gasteiger partial charge on any atom is 0.258 e. The zero-order valence-electron chi connectivity index (χ0n) is 13.6. The second kappa shape index (κ2) is 7.52. The van der Waals surface area contributed by atoms with E-state index >= 15 is 0 Å². The fourth-order valence-electron chi connectivity index (χ4n) is 2.91. The number of nitrogens with one attached hydrogen (secondary N) is 2. The minimum absolute atomic E-state index is 0.160. The third kappa shape index (κ3) is 3.84. The number of fused-ring (bicyclic) bond motifs is 1. The van der Waals surface area contributed by atoms with Gasteiger partial charge in [0.15, 0.2) is 5.11 Å². The molecular formula is C18H16ClN3OS2. The summed E-state index contributed by atoms with van der Waals surface area (Å²) in [4.78, 5) is 13.5. The number of benzene rings is 1. The van der Waals surface area contributed by atoms with Crippen LogP contribution in [0.1, 0.15) is 39.7 Å². The number of halogens is 1. The van der Waals surface area contributed by atoms with E-state index in [9.17, 15) is 10.1 Å². The van der Waals surface area contributed by atoms with Crippen LogP contribution in [0, 0.1) is 17.2 Å². The Labute approximate surface area is 160 Å². The molecule has 0 saturated carbocycles. The SMILES string of the molecule is C[C@@H]1CCc2c(sc(NC(=S)NC(=O)c3ccccc3Cl)c2C#N)C1. The van der Waals surface area contributed by atoms with Crippen molar-refractivity contribution in [1.82, 2.24) is 5.32 Å². The van der Waals surface area contributed by atoms with E-state index in [0.29, 0.717) is 27.1 Å². The molecule has 0 unspecified atom stereocenters. The molecule has 0 radical (unpaired) electrons. The van der Waals surface area contributed by atoms with Gasteiger partial charge in [0, 0.05) is 4.88 Å². The molecule has 1 amide bonds. The summed E-state index contributed by atoms with van der Waals surface area (Å²) < 4.78 is 0. The molecule has 4 nitrogen and oxygen atoms in total. The number of hydrogen-bond acceptors (Lipinski definition) is 4. The van der Waals surface area contributed by atoms with Crippen molar-refractivity contribution in [2.24, 2.45) is 5.92 Å². The summed E-state index contributed by atoms with van der Waals surface area (Å²) in [5, 5.41) is 16.4. The Morgan fingerprint density at radius 2 is 2.20 bits per heavy atom. The van der Waals surface area contributed by atoms with E-state index in [-0.39, 0.29) is 11.0 Å². The van der Waals surface area contributed by atoms with Gasteiger partial charge in [-0.25, -0.2) is 0 Å². The number of thiophene rings is 1. The van der Waals surface area contributed by atoms with Crippen LogP contribution in [0.3, 0.4) is 0 Å². The molecular weight excluding hydrogens is 374 g/mol. The second-order valence-corrected chi connectivity index (χ2v) is 7.98. The summed E-state index contributed by atoms with van der Waals surface area (Å²) >= 11 is 12.8. The molecule has 0 bridgehead atoms. The molecule has 128 valence electrons. The minimum Gasteiger partial charge on any atom is -0.323 e. The topological polar surface area (TPSA) is 64.9 Å². The summed E-state index contributed by atoms with van der Waals surface area (Å²) in [5.41, 5.74) is 2.11. The van der Waals surface area contributed by atoms with Crippen molar-refractivity contribution >= 4 is 51.2 Å². The van der Waals surface area contributed by atoms with Gasteiger partial charge in [-0.1, -0.05) is 30.7 Å². The van der Waals surface area contributed by atoms with Crippen LogP contribution in [0.15, 0.2) is 24.3 Å². The van der Waals surface area contributed by atoms with Crippen molar-refractivity contribution in [3.8, 4) is 6.07 Å². The molecule has 0 aliphatic heterocycles. The third-order valence-corrected chi connectivity index (χ3v) is 5.90. The molecule has 25 heavy (non-hydrogen) atoms. The molecule has 2 N–H and O–H groups in total. The normalized spacial score (nSPS) is 15.8. The predicted octanol–water partition coefficient (Wildman–Crippen LogP) is 4.52. The zero-order chi connectivity index (χ0) is 18.0. The van der Waals surface area contributed by atoms with Crippen molar-refractivity contribution < 1.29 is 4.79 Å². The molecule has 1 aliphatic rings. The van der Waals surface area contributed by atoms with Crippen LogP contribution in [-0.2, 0) is 12.8 Å². The summed E-state index contributed by atoms with van der Waals surface area (Å²) in [7, 11) is 0. The van der Waals surface area contributed by atoms with Crippen molar-refractivity contribution in [3.05, 3.63) is 50.9 Å². The van der Waals surface area contributed by atoms with Crippen LogP contribution < -0.4 is 10.6 Å². The van der Waals surface area contributed by atoms with Crippen molar-refractivity contribution in [1.29, 1.82) is 5.26 Å². The Kier molecular flexibility index (Phi) is 5.38. The largest absolute Gasteiger partial charge is 0.323 e. The Morgan fingerprint density at radius 1 is 1.44 bits per heavy atom. The first-order valence-electron chi connectivity index (χ1n) is 7.91. The van der Waals surface area contributed by atoms with Gasteiger partial charge < -0.3 is 5.32 Å². The molecule has 0 saturated heterocycles. The maximum atomic E-state index is 12.3. The highest BCUT2D eigenvalue weighted by Crippen LogP contribution is 2.39.